The van der Waals surface area contributed by atoms with Crippen molar-refractivity contribution in [1.29, 1.82) is 0 Å². The van der Waals surface area contributed by atoms with Gasteiger partial charge in [-0.1, -0.05) is 12.1 Å². The Bertz CT molecular complexity index is 487. The second-order valence-corrected chi connectivity index (χ2v) is 4.92. The summed E-state index contributed by atoms with van der Waals surface area (Å²) < 4.78 is 10.2. The molecule has 1 aromatic carbocycles. The molecule has 1 heterocycles. The van der Waals surface area contributed by atoms with E-state index in [4.69, 9.17) is 21.7 Å². The third kappa shape index (κ3) is 3.91. The smallest absolute Gasteiger partial charge is 0.339 e. The van der Waals surface area contributed by atoms with Crippen LogP contribution < -0.4 is 10.6 Å². The molecule has 1 fully saturated rings. The van der Waals surface area contributed by atoms with Gasteiger partial charge in [-0.15, -0.1) is 0 Å². The van der Waals surface area contributed by atoms with Crippen LogP contribution in [0.1, 0.15) is 23.2 Å². The van der Waals surface area contributed by atoms with E-state index in [0.29, 0.717) is 22.9 Å². The molecule has 1 aliphatic rings. The Kier molecular flexibility index (Phi) is 5.31. The summed E-state index contributed by atoms with van der Waals surface area (Å²) in [6.07, 6.45) is 2.36. The maximum absolute atomic E-state index is 11.6. The van der Waals surface area contributed by atoms with Crippen LogP contribution in [-0.2, 0) is 9.47 Å². The second-order valence-electron chi connectivity index (χ2n) is 4.51. The molecule has 108 valence electrons. The van der Waals surface area contributed by atoms with E-state index >= 15 is 0 Å². The molecule has 0 aliphatic carbocycles. The van der Waals surface area contributed by atoms with Crippen LogP contribution in [0.15, 0.2) is 24.3 Å². The quantitative estimate of drug-likeness (QED) is 0.654. The summed E-state index contributed by atoms with van der Waals surface area (Å²) in [5.74, 6) is -0.393. The summed E-state index contributed by atoms with van der Waals surface area (Å²) in [7, 11) is 1.35. The van der Waals surface area contributed by atoms with Crippen molar-refractivity contribution in [2.75, 3.05) is 25.6 Å². The second kappa shape index (κ2) is 7.21. The summed E-state index contributed by atoms with van der Waals surface area (Å²) in [6.45, 7) is 1.49. The van der Waals surface area contributed by atoms with Crippen molar-refractivity contribution >= 4 is 29.0 Å². The number of anilines is 1. The first-order valence-electron chi connectivity index (χ1n) is 6.54. The van der Waals surface area contributed by atoms with Crippen LogP contribution in [0.4, 0.5) is 5.69 Å². The van der Waals surface area contributed by atoms with E-state index in [1.165, 1.54) is 7.11 Å². The summed E-state index contributed by atoms with van der Waals surface area (Å²) >= 11 is 5.22. The van der Waals surface area contributed by atoms with Crippen LogP contribution >= 0.6 is 12.2 Å². The third-order valence-electron chi connectivity index (χ3n) is 3.09. The van der Waals surface area contributed by atoms with E-state index in [-0.39, 0.29) is 6.10 Å². The number of carbonyl (C=O) groups is 1. The molecule has 6 heteroatoms. The molecule has 20 heavy (non-hydrogen) atoms. The molecule has 2 N–H and O–H groups in total. The monoisotopic (exact) mass is 294 g/mol. The van der Waals surface area contributed by atoms with E-state index in [1.807, 2.05) is 6.07 Å². The Morgan fingerprint density at radius 3 is 3.00 bits per heavy atom. The first kappa shape index (κ1) is 14.7. The Morgan fingerprint density at radius 2 is 2.30 bits per heavy atom. The van der Waals surface area contributed by atoms with Gasteiger partial charge in [0.05, 0.1) is 24.5 Å². The zero-order valence-corrected chi connectivity index (χ0v) is 12.2. The van der Waals surface area contributed by atoms with Gasteiger partial charge in [0.25, 0.3) is 0 Å². The Labute approximate surface area is 123 Å². The number of methoxy groups -OCH3 is 1. The lowest BCUT2D eigenvalue weighted by molar-refractivity contribution is 0.0602. The molecule has 2 rings (SSSR count). The highest BCUT2D eigenvalue weighted by atomic mass is 32.1. The van der Waals surface area contributed by atoms with Gasteiger partial charge in [-0.05, 0) is 37.2 Å². The van der Waals surface area contributed by atoms with E-state index < -0.39 is 5.97 Å². The minimum absolute atomic E-state index is 0.214. The van der Waals surface area contributed by atoms with Gasteiger partial charge in [-0.2, -0.15) is 0 Å². The lowest BCUT2D eigenvalue weighted by Crippen LogP contribution is -2.35. The van der Waals surface area contributed by atoms with Crippen LogP contribution in [0, 0.1) is 0 Å². The number of esters is 1. The average molecular weight is 294 g/mol. The number of thiocarbonyl (C=S) groups is 1. The molecule has 1 saturated heterocycles. The molecule has 0 amide bonds. The topological polar surface area (TPSA) is 59.6 Å². The molecule has 0 radical (unpaired) electrons. The van der Waals surface area contributed by atoms with Crippen molar-refractivity contribution in [3.05, 3.63) is 29.8 Å². The Balaban J connectivity index is 1.91. The number of hydrogen-bond acceptors (Lipinski definition) is 4. The molecule has 5 nitrogen and oxygen atoms in total. The highest BCUT2D eigenvalue weighted by Gasteiger charge is 2.16. The van der Waals surface area contributed by atoms with Gasteiger partial charge in [0.2, 0.25) is 0 Å². The number of nitrogens with one attached hydrogen (secondary N) is 2. The predicted molar refractivity (Wildman–Crippen MR) is 81.0 cm³/mol. The Morgan fingerprint density at radius 1 is 1.50 bits per heavy atom. The number of carbonyl (C=O) groups excluding carboxylic acids is 1. The van der Waals surface area contributed by atoms with Crippen LogP contribution in [0.25, 0.3) is 0 Å². The van der Waals surface area contributed by atoms with Gasteiger partial charge in [-0.25, -0.2) is 4.79 Å². The lowest BCUT2D eigenvalue weighted by Gasteiger charge is -2.15. The van der Waals surface area contributed by atoms with Crippen LogP contribution in [0.2, 0.25) is 0 Å². The summed E-state index contributed by atoms with van der Waals surface area (Å²) in [5.41, 5.74) is 1.08. The van der Waals surface area contributed by atoms with Crippen molar-refractivity contribution in [2.24, 2.45) is 0 Å². The minimum atomic E-state index is -0.393. The van der Waals surface area contributed by atoms with Crippen molar-refractivity contribution < 1.29 is 14.3 Å². The molecule has 1 aromatic rings. The highest BCUT2D eigenvalue weighted by Crippen LogP contribution is 2.16. The fraction of sp³-hybridized carbons (Fsp3) is 0.429. The van der Waals surface area contributed by atoms with E-state index in [1.54, 1.807) is 18.2 Å². The first-order chi connectivity index (χ1) is 9.70. The van der Waals surface area contributed by atoms with Crippen LogP contribution in [0.5, 0.6) is 0 Å². The van der Waals surface area contributed by atoms with E-state index in [0.717, 1.165) is 19.4 Å². The van der Waals surface area contributed by atoms with Crippen LogP contribution in [0.3, 0.4) is 0 Å². The molecule has 0 bridgehead atoms. The number of para-hydroxylation sites is 1. The average Bonchev–Trinajstić information content (AvgIpc) is 2.98. The number of benzene rings is 1. The highest BCUT2D eigenvalue weighted by molar-refractivity contribution is 7.80. The summed E-state index contributed by atoms with van der Waals surface area (Å²) in [5, 5.41) is 6.58. The maximum atomic E-state index is 11.6. The standard InChI is InChI=1S/C14H18N2O3S/c1-18-13(17)11-6-2-3-7-12(11)16-14(20)15-9-10-5-4-8-19-10/h2-3,6-7,10H,4-5,8-9H2,1H3,(H2,15,16,20)/t10-/m0/s1. The normalized spacial score (nSPS) is 17.6. The minimum Gasteiger partial charge on any atom is -0.465 e. The molecule has 0 aromatic heterocycles. The van der Waals surface area contributed by atoms with Crippen molar-refractivity contribution in [3.63, 3.8) is 0 Å². The molecular weight excluding hydrogens is 276 g/mol. The predicted octanol–water partition coefficient (Wildman–Crippen LogP) is 1.94. The largest absolute Gasteiger partial charge is 0.465 e. The number of hydrogen-bond donors (Lipinski definition) is 2. The molecule has 0 spiro atoms. The maximum Gasteiger partial charge on any atom is 0.339 e. The van der Waals surface area contributed by atoms with Gasteiger partial charge >= 0.3 is 5.97 Å². The van der Waals surface area contributed by atoms with Gasteiger partial charge in [0.1, 0.15) is 0 Å². The molecule has 0 unspecified atom stereocenters. The molecule has 1 atom stereocenters. The van der Waals surface area contributed by atoms with Gasteiger partial charge in [0.15, 0.2) is 5.11 Å². The fourth-order valence-corrected chi connectivity index (χ4v) is 2.25. The summed E-state index contributed by atoms with van der Waals surface area (Å²) in [6, 6.07) is 7.08. The van der Waals surface area contributed by atoms with E-state index in [9.17, 15) is 4.79 Å². The zero-order chi connectivity index (χ0) is 14.4. The van der Waals surface area contributed by atoms with Gasteiger partial charge < -0.3 is 20.1 Å². The molecule has 1 aliphatic heterocycles. The van der Waals surface area contributed by atoms with Gasteiger partial charge in [0, 0.05) is 13.2 Å². The van der Waals surface area contributed by atoms with Crippen LogP contribution in [-0.4, -0.2) is 37.4 Å². The molecular formula is C14H18N2O3S. The third-order valence-corrected chi connectivity index (χ3v) is 3.34. The first-order valence-corrected chi connectivity index (χ1v) is 6.95. The Hall–Kier alpha value is -1.66. The lowest BCUT2D eigenvalue weighted by atomic mass is 10.2. The number of rotatable bonds is 4. The summed E-state index contributed by atoms with van der Waals surface area (Å²) in [4.78, 5) is 11.6. The molecule has 0 saturated carbocycles. The van der Waals surface area contributed by atoms with Crippen molar-refractivity contribution in [3.8, 4) is 0 Å². The van der Waals surface area contributed by atoms with E-state index in [2.05, 4.69) is 10.6 Å². The number of ether oxygens (including phenoxy) is 2. The van der Waals surface area contributed by atoms with Crippen molar-refractivity contribution in [1.82, 2.24) is 5.32 Å². The zero-order valence-electron chi connectivity index (χ0n) is 11.3. The fourth-order valence-electron chi connectivity index (χ4n) is 2.06. The SMILES string of the molecule is COC(=O)c1ccccc1NC(=S)NC[C@@H]1CCCO1. The van der Waals surface area contributed by atoms with Crippen molar-refractivity contribution in [2.45, 2.75) is 18.9 Å². The van der Waals surface area contributed by atoms with Gasteiger partial charge in [-0.3, -0.25) is 0 Å².